The first-order chi connectivity index (χ1) is 12.0. The van der Waals surface area contributed by atoms with E-state index in [1.54, 1.807) is 17.1 Å². The van der Waals surface area contributed by atoms with E-state index in [-0.39, 0.29) is 5.91 Å². The number of aliphatic carboxylic acids is 1. The van der Waals surface area contributed by atoms with Crippen LogP contribution < -0.4 is 5.32 Å². The number of carboxylic acids is 1. The van der Waals surface area contributed by atoms with E-state index in [0.717, 1.165) is 5.56 Å². The first-order valence-electron chi connectivity index (χ1n) is 8.30. The smallest absolute Gasteiger partial charge is 0.307 e. The number of hydrogen-bond donors (Lipinski definition) is 2. The summed E-state index contributed by atoms with van der Waals surface area (Å²) in [5.74, 6) is -2.43. The zero-order valence-electron chi connectivity index (χ0n) is 14.1. The lowest BCUT2D eigenvalue weighted by atomic mass is 9.82. The highest BCUT2D eigenvalue weighted by atomic mass is 16.4. The van der Waals surface area contributed by atoms with Gasteiger partial charge in [-0.2, -0.15) is 5.10 Å². The third-order valence-electron chi connectivity index (χ3n) is 4.58. The van der Waals surface area contributed by atoms with Crippen molar-refractivity contribution in [2.75, 3.05) is 5.32 Å². The van der Waals surface area contributed by atoms with Crippen LogP contribution in [0.5, 0.6) is 0 Å². The molecule has 0 bridgehead atoms. The molecule has 130 valence electrons. The summed E-state index contributed by atoms with van der Waals surface area (Å²) in [5.41, 5.74) is 2.92. The second kappa shape index (κ2) is 7.34. The van der Waals surface area contributed by atoms with Crippen molar-refractivity contribution in [2.45, 2.75) is 26.3 Å². The average molecular weight is 339 g/mol. The lowest BCUT2D eigenvalue weighted by molar-refractivity contribution is -0.146. The number of amides is 1. The predicted molar refractivity (Wildman–Crippen MR) is 94.1 cm³/mol. The molecule has 1 aromatic carbocycles. The minimum Gasteiger partial charge on any atom is -0.481 e. The number of carbonyl (C=O) groups excluding carboxylic acids is 1. The summed E-state index contributed by atoms with van der Waals surface area (Å²) < 4.78 is 1.76. The maximum atomic E-state index is 12.5. The fraction of sp³-hybridized carbons (Fsp3) is 0.316. The molecule has 1 aromatic heterocycles. The van der Waals surface area contributed by atoms with Gasteiger partial charge in [0.25, 0.3) is 0 Å². The molecule has 1 heterocycles. The Morgan fingerprint density at radius 1 is 1.24 bits per heavy atom. The van der Waals surface area contributed by atoms with Gasteiger partial charge in [-0.3, -0.25) is 14.3 Å². The minimum absolute atomic E-state index is 0.271. The molecule has 0 aliphatic heterocycles. The van der Waals surface area contributed by atoms with E-state index in [1.165, 1.54) is 5.56 Å². The van der Waals surface area contributed by atoms with Gasteiger partial charge in [0.05, 0.1) is 30.3 Å². The molecular weight excluding hydrogens is 318 g/mol. The van der Waals surface area contributed by atoms with Gasteiger partial charge in [0.2, 0.25) is 5.91 Å². The zero-order valence-corrected chi connectivity index (χ0v) is 14.1. The summed E-state index contributed by atoms with van der Waals surface area (Å²) in [5, 5.41) is 16.4. The van der Waals surface area contributed by atoms with Crippen LogP contribution in [0.25, 0.3) is 0 Å². The number of carboxylic acid groups (broad SMARTS) is 1. The van der Waals surface area contributed by atoms with Gasteiger partial charge < -0.3 is 10.4 Å². The first kappa shape index (κ1) is 17.0. The molecule has 1 aliphatic carbocycles. The van der Waals surface area contributed by atoms with Crippen LogP contribution in [0.15, 0.2) is 48.8 Å². The fourth-order valence-electron chi connectivity index (χ4n) is 3.09. The van der Waals surface area contributed by atoms with Crippen molar-refractivity contribution < 1.29 is 14.7 Å². The van der Waals surface area contributed by atoms with Crippen LogP contribution in [-0.2, 0) is 16.1 Å². The number of hydrogen-bond acceptors (Lipinski definition) is 3. The summed E-state index contributed by atoms with van der Waals surface area (Å²) in [6, 6.07) is 8.06. The Kier molecular flexibility index (Phi) is 4.97. The summed E-state index contributed by atoms with van der Waals surface area (Å²) in [4.78, 5) is 23.8. The number of aryl methyl sites for hydroxylation is 1. The highest BCUT2D eigenvalue weighted by Gasteiger charge is 2.34. The Labute approximate surface area is 146 Å². The van der Waals surface area contributed by atoms with Gasteiger partial charge in [-0.1, -0.05) is 36.4 Å². The van der Waals surface area contributed by atoms with Crippen LogP contribution >= 0.6 is 0 Å². The molecule has 6 nitrogen and oxygen atoms in total. The van der Waals surface area contributed by atoms with Gasteiger partial charge in [0.15, 0.2) is 0 Å². The maximum absolute atomic E-state index is 12.5. The van der Waals surface area contributed by atoms with Crippen molar-refractivity contribution in [1.82, 2.24) is 9.78 Å². The van der Waals surface area contributed by atoms with Crippen molar-refractivity contribution in [1.29, 1.82) is 0 Å². The molecule has 25 heavy (non-hydrogen) atoms. The molecule has 2 aromatic rings. The van der Waals surface area contributed by atoms with Crippen LogP contribution in [-0.4, -0.2) is 26.8 Å². The van der Waals surface area contributed by atoms with Crippen LogP contribution in [0.3, 0.4) is 0 Å². The van der Waals surface area contributed by atoms with E-state index < -0.39 is 17.8 Å². The lowest BCUT2D eigenvalue weighted by Gasteiger charge is -2.23. The molecule has 3 rings (SSSR count). The largest absolute Gasteiger partial charge is 0.481 e. The van der Waals surface area contributed by atoms with Gasteiger partial charge >= 0.3 is 5.97 Å². The van der Waals surface area contributed by atoms with Crippen molar-refractivity contribution >= 4 is 17.6 Å². The molecule has 0 radical (unpaired) electrons. The van der Waals surface area contributed by atoms with Crippen molar-refractivity contribution in [2.24, 2.45) is 11.8 Å². The monoisotopic (exact) mass is 339 g/mol. The molecule has 2 N–H and O–H groups in total. The quantitative estimate of drug-likeness (QED) is 0.821. The summed E-state index contributed by atoms with van der Waals surface area (Å²) in [6.45, 7) is 2.66. The Hall–Kier alpha value is -2.89. The molecule has 0 saturated heterocycles. The number of nitrogens with zero attached hydrogens (tertiary/aromatic N) is 2. The standard InChI is InChI=1S/C19H21N3O3/c1-13-6-2-3-7-14(13)11-22-12-15(10-20-22)21-18(23)16-8-4-5-9-17(16)19(24)25/h2-7,10,12,16-17H,8-9,11H2,1H3,(H,21,23)(H,24,25). The Morgan fingerprint density at radius 3 is 2.68 bits per heavy atom. The van der Waals surface area contributed by atoms with Gasteiger partial charge in [0, 0.05) is 6.20 Å². The number of anilines is 1. The molecule has 1 amide bonds. The van der Waals surface area contributed by atoms with Gasteiger partial charge in [-0.05, 0) is 30.9 Å². The van der Waals surface area contributed by atoms with Crippen molar-refractivity contribution in [3.63, 3.8) is 0 Å². The molecular formula is C19H21N3O3. The molecule has 0 spiro atoms. The van der Waals surface area contributed by atoms with Gasteiger partial charge in [-0.25, -0.2) is 0 Å². The van der Waals surface area contributed by atoms with Crippen LogP contribution in [0.2, 0.25) is 0 Å². The average Bonchev–Trinajstić information content (AvgIpc) is 3.04. The van der Waals surface area contributed by atoms with Gasteiger partial charge in [-0.15, -0.1) is 0 Å². The summed E-state index contributed by atoms with van der Waals surface area (Å²) >= 11 is 0. The van der Waals surface area contributed by atoms with Crippen LogP contribution in [0, 0.1) is 18.8 Å². The Bertz CT molecular complexity index is 810. The zero-order chi connectivity index (χ0) is 17.8. The summed E-state index contributed by atoms with van der Waals surface area (Å²) in [7, 11) is 0. The Morgan fingerprint density at radius 2 is 1.96 bits per heavy atom. The van der Waals surface area contributed by atoms with Crippen molar-refractivity contribution in [3.05, 3.63) is 59.9 Å². The van der Waals surface area contributed by atoms with E-state index in [1.807, 2.05) is 43.3 Å². The minimum atomic E-state index is -0.931. The third kappa shape index (κ3) is 3.96. The van der Waals surface area contributed by atoms with Gasteiger partial charge in [0.1, 0.15) is 0 Å². The molecule has 1 aliphatic rings. The van der Waals surface area contributed by atoms with E-state index >= 15 is 0 Å². The molecule has 0 fully saturated rings. The molecule has 6 heteroatoms. The highest BCUT2D eigenvalue weighted by molar-refractivity contribution is 5.95. The number of rotatable bonds is 5. The second-order valence-electron chi connectivity index (χ2n) is 6.34. The topological polar surface area (TPSA) is 84.2 Å². The lowest BCUT2D eigenvalue weighted by Crippen LogP contribution is -2.34. The van der Waals surface area contributed by atoms with E-state index in [0.29, 0.717) is 25.1 Å². The SMILES string of the molecule is Cc1ccccc1Cn1cc(NC(=O)C2CC=CCC2C(=O)O)cn1. The van der Waals surface area contributed by atoms with E-state index in [9.17, 15) is 14.7 Å². The van der Waals surface area contributed by atoms with Crippen molar-refractivity contribution in [3.8, 4) is 0 Å². The third-order valence-corrected chi connectivity index (χ3v) is 4.58. The van der Waals surface area contributed by atoms with E-state index in [4.69, 9.17) is 0 Å². The molecule has 0 saturated carbocycles. The number of carbonyl (C=O) groups is 2. The highest BCUT2D eigenvalue weighted by Crippen LogP contribution is 2.27. The number of nitrogens with one attached hydrogen (secondary N) is 1. The first-order valence-corrected chi connectivity index (χ1v) is 8.30. The number of benzene rings is 1. The number of allylic oxidation sites excluding steroid dienone is 2. The number of aromatic nitrogens is 2. The fourth-order valence-corrected chi connectivity index (χ4v) is 3.09. The normalized spacial score (nSPS) is 19.6. The molecule has 2 atom stereocenters. The van der Waals surface area contributed by atoms with E-state index in [2.05, 4.69) is 10.4 Å². The van der Waals surface area contributed by atoms with Crippen LogP contribution in [0.1, 0.15) is 24.0 Å². The Balaban J connectivity index is 1.67. The maximum Gasteiger partial charge on any atom is 0.307 e. The summed E-state index contributed by atoms with van der Waals surface area (Å²) in [6.07, 6.45) is 7.87. The van der Waals surface area contributed by atoms with Crippen LogP contribution in [0.4, 0.5) is 5.69 Å². The predicted octanol–water partition coefficient (Wildman–Crippen LogP) is 2.85. The second-order valence-corrected chi connectivity index (χ2v) is 6.34. The molecule has 2 unspecified atom stereocenters.